The van der Waals surface area contributed by atoms with Crippen LogP contribution in [0.3, 0.4) is 0 Å². The normalized spacial score (nSPS) is 13.0. The van der Waals surface area contributed by atoms with Gasteiger partial charge in [-0.1, -0.05) is 0 Å². The van der Waals surface area contributed by atoms with Crippen molar-refractivity contribution in [2.24, 2.45) is 20.5 Å². The number of azo groups is 2. The predicted octanol–water partition coefficient (Wildman–Crippen LogP) is 5.12. The Kier molecular flexibility index (Phi) is 7.30. The molecule has 17 heteroatoms. The van der Waals surface area contributed by atoms with Crippen molar-refractivity contribution in [3.05, 3.63) is 72.8 Å². The van der Waals surface area contributed by atoms with Gasteiger partial charge in [0, 0.05) is 10.8 Å². The van der Waals surface area contributed by atoms with Gasteiger partial charge in [0.2, 0.25) is 0 Å². The molecule has 0 aliphatic carbocycles. The minimum Gasteiger partial charge on any atom is -0.507 e. The summed E-state index contributed by atoms with van der Waals surface area (Å²) in [4.78, 5) is -1.52. The van der Waals surface area contributed by atoms with Gasteiger partial charge >= 0.3 is 0 Å². The molecule has 0 saturated heterocycles. The van der Waals surface area contributed by atoms with Crippen LogP contribution >= 0.6 is 0 Å². The number of hydrogen-bond acceptors (Lipinski definition) is 11. The van der Waals surface area contributed by atoms with Gasteiger partial charge in [0.1, 0.15) is 16.3 Å². The molecule has 39 heavy (non-hydrogen) atoms. The van der Waals surface area contributed by atoms with Crippen molar-refractivity contribution in [2.75, 3.05) is 0 Å². The molecule has 0 aromatic heterocycles. The summed E-state index contributed by atoms with van der Waals surface area (Å²) in [5.41, 5.74) is -0.177. The van der Waals surface area contributed by atoms with Crippen LogP contribution < -0.4 is 0 Å². The van der Waals surface area contributed by atoms with Crippen molar-refractivity contribution in [1.82, 2.24) is 0 Å². The van der Waals surface area contributed by atoms with Gasteiger partial charge in [0.15, 0.2) is 0 Å². The molecule has 0 radical (unpaired) electrons. The highest BCUT2D eigenvalue weighted by Crippen LogP contribution is 2.36. The monoisotopic (exact) mass is 592 g/mol. The van der Waals surface area contributed by atoms with Gasteiger partial charge in [-0.2, -0.15) is 35.5 Å². The summed E-state index contributed by atoms with van der Waals surface area (Å²) in [6, 6.07) is 14.0. The van der Waals surface area contributed by atoms with Gasteiger partial charge in [-0.25, -0.2) is 0 Å². The van der Waals surface area contributed by atoms with Crippen molar-refractivity contribution < 1.29 is 44.0 Å². The Morgan fingerprint density at radius 3 is 1.64 bits per heavy atom. The Morgan fingerprint density at radius 1 is 0.487 bits per heavy atom. The number of rotatable bonds is 7. The first-order chi connectivity index (χ1) is 18.1. The van der Waals surface area contributed by atoms with Crippen LogP contribution in [0, 0.1) is 0 Å². The molecular weight excluding hydrogens is 576 g/mol. The van der Waals surface area contributed by atoms with E-state index in [-0.39, 0.29) is 44.2 Å². The fourth-order valence-electron chi connectivity index (χ4n) is 3.31. The van der Waals surface area contributed by atoms with E-state index in [1.54, 1.807) is 0 Å². The zero-order valence-corrected chi connectivity index (χ0v) is 21.6. The predicted molar refractivity (Wildman–Crippen MR) is 136 cm³/mol. The van der Waals surface area contributed by atoms with Crippen LogP contribution in [0.1, 0.15) is 0 Å². The Hall–Kier alpha value is -4.13. The van der Waals surface area contributed by atoms with Gasteiger partial charge in [0.05, 0.1) is 26.9 Å². The SMILES string of the molecule is O=S(=O)(O)c1ccc(/N=N/c2ccc(/N=N/c3ccc(O)c4ccc(S(=O)(=O)O)cc34)c(S(=O)(=O)O)c2)cc1. The van der Waals surface area contributed by atoms with Crippen LogP contribution in [0.4, 0.5) is 22.7 Å². The summed E-state index contributed by atoms with van der Waals surface area (Å²) in [6.45, 7) is 0. The van der Waals surface area contributed by atoms with Crippen LogP contribution in [-0.2, 0) is 30.4 Å². The summed E-state index contributed by atoms with van der Waals surface area (Å²) >= 11 is 0. The van der Waals surface area contributed by atoms with Gasteiger partial charge in [-0.05, 0) is 72.8 Å². The average molecular weight is 593 g/mol. The number of phenolic OH excluding ortho intramolecular Hbond substituents is 1. The maximum Gasteiger partial charge on any atom is 0.296 e. The number of phenols is 1. The lowest BCUT2D eigenvalue weighted by atomic mass is 10.1. The third-order valence-electron chi connectivity index (χ3n) is 5.14. The fraction of sp³-hybridized carbons (Fsp3) is 0. The van der Waals surface area contributed by atoms with Crippen LogP contribution in [-0.4, -0.2) is 44.0 Å². The molecule has 4 aromatic carbocycles. The first-order valence-corrected chi connectivity index (χ1v) is 14.7. The van der Waals surface area contributed by atoms with E-state index in [2.05, 4.69) is 20.5 Å². The molecule has 14 nitrogen and oxygen atoms in total. The maximum atomic E-state index is 12.0. The second-order valence-corrected chi connectivity index (χ2v) is 12.0. The van der Waals surface area contributed by atoms with E-state index < -0.39 is 40.1 Å². The van der Waals surface area contributed by atoms with Crippen LogP contribution in [0.5, 0.6) is 5.75 Å². The van der Waals surface area contributed by atoms with Crippen molar-refractivity contribution in [3.8, 4) is 5.75 Å². The molecule has 0 aliphatic heterocycles. The molecule has 0 fully saturated rings. The first-order valence-electron chi connectivity index (χ1n) is 10.4. The topological polar surface area (TPSA) is 233 Å². The summed E-state index contributed by atoms with van der Waals surface area (Å²) < 4.78 is 97.4. The summed E-state index contributed by atoms with van der Waals surface area (Å²) in [5, 5.41) is 25.8. The minimum absolute atomic E-state index is 0.00620. The number of hydrogen-bond donors (Lipinski definition) is 4. The van der Waals surface area contributed by atoms with Crippen molar-refractivity contribution >= 4 is 63.9 Å². The van der Waals surface area contributed by atoms with Crippen LogP contribution in [0.25, 0.3) is 10.8 Å². The molecule has 0 spiro atoms. The highest BCUT2D eigenvalue weighted by atomic mass is 32.2. The first kappa shape index (κ1) is 27.9. The van der Waals surface area contributed by atoms with Gasteiger partial charge in [-0.3, -0.25) is 13.7 Å². The molecule has 4 rings (SSSR count). The quantitative estimate of drug-likeness (QED) is 0.163. The second kappa shape index (κ2) is 10.2. The van der Waals surface area contributed by atoms with E-state index in [1.165, 1.54) is 36.4 Å². The van der Waals surface area contributed by atoms with Gasteiger partial charge < -0.3 is 5.11 Å². The fourth-order valence-corrected chi connectivity index (χ4v) is 4.94. The molecule has 0 amide bonds. The number of nitrogens with zero attached hydrogens (tertiary/aromatic N) is 4. The van der Waals surface area contributed by atoms with E-state index in [0.29, 0.717) is 0 Å². The molecule has 0 atom stereocenters. The highest BCUT2D eigenvalue weighted by Gasteiger charge is 2.18. The van der Waals surface area contributed by atoms with E-state index in [4.69, 9.17) is 4.55 Å². The van der Waals surface area contributed by atoms with Crippen molar-refractivity contribution in [2.45, 2.75) is 14.7 Å². The number of benzene rings is 4. The standard InChI is InChI=1S/C22H16N4O10S3/c27-21-10-9-19(18-12-16(38(31,32)33)6-7-17(18)21)25-26-20-8-3-14(11-22(20)39(34,35)36)24-23-13-1-4-15(5-2-13)37(28,29)30/h1-12,27H,(H,28,29,30)(H,31,32,33)(H,34,35,36)/b24-23+,26-25+. The Morgan fingerprint density at radius 2 is 1.03 bits per heavy atom. The highest BCUT2D eigenvalue weighted by molar-refractivity contribution is 7.86. The summed E-state index contributed by atoms with van der Waals surface area (Å²) in [6.07, 6.45) is 0. The molecule has 0 bridgehead atoms. The van der Waals surface area contributed by atoms with Crippen LogP contribution in [0.15, 0.2) is 108 Å². The third kappa shape index (κ3) is 6.48. The smallest absolute Gasteiger partial charge is 0.296 e. The number of fused-ring (bicyclic) bond motifs is 1. The van der Waals surface area contributed by atoms with E-state index in [1.807, 2.05) is 0 Å². The Balaban J connectivity index is 1.72. The maximum absolute atomic E-state index is 12.0. The zero-order valence-electron chi connectivity index (χ0n) is 19.2. The molecule has 4 N–H and O–H groups in total. The second-order valence-electron chi connectivity index (χ2n) is 7.78. The molecule has 202 valence electrons. The minimum atomic E-state index is -4.84. The molecule has 0 unspecified atom stereocenters. The van der Waals surface area contributed by atoms with E-state index in [9.17, 15) is 39.5 Å². The summed E-state index contributed by atoms with van der Waals surface area (Å²) in [5.74, 6) is -0.216. The lowest BCUT2D eigenvalue weighted by Gasteiger charge is -2.06. The van der Waals surface area contributed by atoms with E-state index in [0.717, 1.165) is 36.4 Å². The van der Waals surface area contributed by atoms with Crippen molar-refractivity contribution in [3.63, 3.8) is 0 Å². The molecule has 4 aromatic rings. The lowest BCUT2D eigenvalue weighted by Crippen LogP contribution is -1.98. The Bertz CT molecular complexity index is 1990. The van der Waals surface area contributed by atoms with E-state index >= 15 is 0 Å². The lowest BCUT2D eigenvalue weighted by molar-refractivity contribution is 0.480. The van der Waals surface area contributed by atoms with Crippen LogP contribution in [0.2, 0.25) is 0 Å². The average Bonchev–Trinajstić information content (AvgIpc) is 2.86. The van der Waals surface area contributed by atoms with Gasteiger partial charge in [-0.15, -0.1) is 10.2 Å². The van der Waals surface area contributed by atoms with Gasteiger partial charge in [0.25, 0.3) is 30.4 Å². The summed E-state index contributed by atoms with van der Waals surface area (Å²) in [7, 11) is -13.8. The number of aromatic hydroxyl groups is 1. The third-order valence-corrected chi connectivity index (χ3v) is 7.74. The largest absolute Gasteiger partial charge is 0.507 e. The molecule has 0 heterocycles. The zero-order chi connectivity index (χ0) is 28.6. The molecular formula is C22H16N4O10S3. The molecule has 0 saturated carbocycles. The Labute approximate surface area is 221 Å². The van der Waals surface area contributed by atoms with Crippen molar-refractivity contribution in [1.29, 1.82) is 0 Å². The molecule has 0 aliphatic rings.